The molecule has 0 aliphatic rings. The van der Waals surface area contributed by atoms with Gasteiger partial charge in [-0.05, 0) is 0 Å². The molecule has 0 bridgehead atoms. The van der Waals surface area contributed by atoms with Crippen molar-refractivity contribution in [2.75, 3.05) is 0 Å². The van der Waals surface area contributed by atoms with Gasteiger partial charge in [-0.25, -0.2) is 0 Å². The van der Waals surface area contributed by atoms with Crippen molar-refractivity contribution >= 4 is 37.2 Å². The fourth-order valence-corrected chi connectivity index (χ4v) is 2.09. The summed E-state index contributed by atoms with van der Waals surface area (Å²) in [6, 6.07) is 0. The van der Waals surface area contributed by atoms with Crippen molar-refractivity contribution < 1.29 is 0 Å². The van der Waals surface area contributed by atoms with Gasteiger partial charge in [-0.1, -0.05) is 97.3 Å². The molecule has 0 aliphatic carbocycles. The fourth-order valence-electron chi connectivity index (χ4n) is 2.09. The molecule has 0 heterocycles. The number of halogens is 3. The fraction of sp³-hybridized carbons (Fsp3) is 1.00. The molecular formula is C15H44Cl3N3. The predicted molar refractivity (Wildman–Crippen MR) is 108 cm³/mol. The third-order valence-corrected chi connectivity index (χ3v) is 3.21. The summed E-state index contributed by atoms with van der Waals surface area (Å²) in [5, 5.41) is 0. The quantitative estimate of drug-likeness (QED) is 0.303. The largest absolute Gasteiger partial charge is 0.344 e. The summed E-state index contributed by atoms with van der Waals surface area (Å²) in [4.78, 5) is 0. The molecule has 0 unspecified atom stereocenters. The molecule has 0 radical (unpaired) electrons. The first kappa shape index (κ1) is 43.0. The monoisotopic (exact) mass is 371 g/mol. The van der Waals surface area contributed by atoms with Gasteiger partial charge in [0.1, 0.15) is 0 Å². The standard InChI is InChI=1S/C15H32.3ClH.3H3N/c1-3-5-7-9-11-13-15-14-12-10-8-6-4-2;;;;;;/h3-15H2,1-2H3;3*1H;3*1H3. The Morgan fingerprint density at radius 2 is 0.476 bits per heavy atom. The van der Waals surface area contributed by atoms with E-state index < -0.39 is 0 Å². The smallest absolute Gasteiger partial charge is 0.0533 e. The molecule has 0 aromatic carbocycles. The van der Waals surface area contributed by atoms with E-state index in [-0.39, 0.29) is 55.7 Å². The summed E-state index contributed by atoms with van der Waals surface area (Å²) >= 11 is 0. The molecule has 0 fully saturated rings. The van der Waals surface area contributed by atoms with Crippen LogP contribution in [-0.2, 0) is 0 Å². The Kier molecular flexibility index (Phi) is 87.7. The van der Waals surface area contributed by atoms with Crippen molar-refractivity contribution in [2.45, 2.75) is 97.3 Å². The molecule has 0 aromatic rings. The molecule has 3 nitrogen and oxygen atoms in total. The second-order valence-electron chi connectivity index (χ2n) is 4.89. The van der Waals surface area contributed by atoms with Crippen LogP contribution in [0.25, 0.3) is 0 Å². The number of hydrogen-bond donors (Lipinski definition) is 3. The first-order valence-corrected chi connectivity index (χ1v) is 7.41. The summed E-state index contributed by atoms with van der Waals surface area (Å²) in [7, 11) is 0. The van der Waals surface area contributed by atoms with Crippen molar-refractivity contribution in [3.63, 3.8) is 0 Å². The van der Waals surface area contributed by atoms with Gasteiger partial charge in [-0.15, -0.1) is 37.2 Å². The molecule has 9 N–H and O–H groups in total. The third-order valence-electron chi connectivity index (χ3n) is 3.21. The molecule has 0 aromatic heterocycles. The Bertz CT molecular complexity index is 108. The van der Waals surface area contributed by atoms with Crippen molar-refractivity contribution in [3.8, 4) is 0 Å². The van der Waals surface area contributed by atoms with Gasteiger partial charge in [0.05, 0.1) is 0 Å². The van der Waals surface area contributed by atoms with Crippen LogP contribution in [0.2, 0.25) is 0 Å². The minimum absolute atomic E-state index is 0. The van der Waals surface area contributed by atoms with Gasteiger partial charge in [0.15, 0.2) is 0 Å². The lowest BCUT2D eigenvalue weighted by Gasteiger charge is -2.01. The Hall–Kier alpha value is 0.750. The molecule has 0 aliphatic heterocycles. The van der Waals surface area contributed by atoms with Gasteiger partial charge in [-0.3, -0.25) is 0 Å². The van der Waals surface area contributed by atoms with Crippen LogP contribution >= 0.6 is 37.2 Å². The molecule has 6 heteroatoms. The normalized spacial score (nSPS) is 7.71. The number of unbranched alkanes of at least 4 members (excludes halogenated alkanes) is 12. The van der Waals surface area contributed by atoms with E-state index in [0.717, 1.165) is 0 Å². The Morgan fingerprint density at radius 3 is 0.619 bits per heavy atom. The van der Waals surface area contributed by atoms with Crippen LogP contribution in [0, 0.1) is 0 Å². The second-order valence-corrected chi connectivity index (χ2v) is 4.89. The topological polar surface area (TPSA) is 105 Å². The summed E-state index contributed by atoms with van der Waals surface area (Å²) < 4.78 is 0. The SMILES string of the molecule is CCCCCCCCCCCCCCC.Cl.Cl.Cl.N.N.N. The van der Waals surface area contributed by atoms with E-state index >= 15 is 0 Å². The maximum absolute atomic E-state index is 2.29. The number of rotatable bonds is 12. The van der Waals surface area contributed by atoms with E-state index in [1.807, 2.05) is 0 Å². The predicted octanol–water partition coefficient (Wildman–Crippen LogP) is 7.85. The van der Waals surface area contributed by atoms with Gasteiger partial charge in [-0.2, -0.15) is 0 Å². The zero-order valence-electron chi connectivity index (χ0n) is 14.5. The van der Waals surface area contributed by atoms with Crippen LogP contribution in [0.5, 0.6) is 0 Å². The van der Waals surface area contributed by atoms with Crippen LogP contribution in [0.4, 0.5) is 0 Å². The van der Waals surface area contributed by atoms with Crippen LogP contribution in [0.15, 0.2) is 0 Å². The highest BCUT2D eigenvalue weighted by Crippen LogP contribution is 2.12. The van der Waals surface area contributed by atoms with Crippen molar-refractivity contribution in [1.29, 1.82) is 0 Å². The molecule has 0 amide bonds. The summed E-state index contributed by atoms with van der Waals surface area (Å²) in [6.07, 6.45) is 18.9. The molecule has 0 spiro atoms. The van der Waals surface area contributed by atoms with E-state index in [4.69, 9.17) is 0 Å². The molecule has 0 saturated carbocycles. The van der Waals surface area contributed by atoms with Crippen LogP contribution < -0.4 is 18.5 Å². The molecule has 21 heavy (non-hydrogen) atoms. The zero-order valence-corrected chi connectivity index (χ0v) is 17.0. The van der Waals surface area contributed by atoms with Gasteiger partial charge in [0.2, 0.25) is 0 Å². The van der Waals surface area contributed by atoms with Crippen LogP contribution in [0.3, 0.4) is 0 Å². The Morgan fingerprint density at radius 1 is 0.333 bits per heavy atom. The lowest BCUT2D eigenvalue weighted by molar-refractivity contribution is 0.542. The first-order valence-electron chi connectivity index (χ1n) is 7.41. The van der Waals surface area contributed by atoms with Crippen LogP contribution in [0.1, 0.15) is 97.3 Å². The Labute approximate surface area is 153 Å². The lowest BCUT2D eigenvalue weighted by Crippen LogP contribution is -1.82. The minimum atomic E-state index is 0. The maximum Gasteiger partial charge on any atom is -0.0533 e. The third kappa shape index (κ3) is 44.9. The molecule has 140 valence electrons. The first-order chi connectivity index (χ1) is 7.41. The van der Waals surface area contributed by atoms with E-state index in [1.54, 1.807) is 0 Å². The highest BCUT2D eigenvalue weighted by molar-refractivity contribution is 5.86. The summed E-state index contributed by atoms with van der Waals surface area (Å²) in [5.41, 5.74) is 0. The van der Waals surface area contributed by atoms with Gasteiger partial charge in [0, 0.05) is 0 Å². The van der Waals surface area contributed by atoms with Crippen molar-refractivity contribution in [2.24, 2.45) is 0 Å². The highest BCUT2D eigenvalue weighted by Gasteiger charge is 1.92. The van der Waals surface area contributed by atoms with E-state index in [1.165, 1.54) is 83.5 Å². The number of hydrogen-bond acceptors (Lipinski definition) is 3. The second kappa shape index (κ2) is 42.8. The maximum atomic E-state index is 2.29. The van der Waals surface area contributed by atoms with E-state index in [9.17, 15) is 0 Å². The molecule has 0 atom stereocenters. The average molecular weight is 373 g/mol. The minimum Gasteiger partial charge on any atom is -0.344 e. The summed E-state index contributed by atoms with van der Waals surface area (Å²) in [5.74, 6) is 0. The van der Waals surface area contributed by atoms with Crippen molar-refractivity contribution in [1.82, 2.24) is 18.5 Å². The molecule has 0 saturated heterocycles. The average Bonchev–Trinajstić information content (AvgIpc) is 2.26. The van der Waals surface area contributed by atoms with E-state index in [2.05, 4.69) is 13.8 Å². The molecule has 0 rings (SSSR count). The van der Waals surface area contributed by atoms with Crippen LogP contribution in [-0.4, -0.2) is 0 Å². The molecular weight excluding hydrogens is 329 g/mol. The highest BCUT2D eigenvalue weighted by atomic mass is 35.5. The van der Waals surface area contributed by atoms with Gasteiger partial charge >= 0.3 is 0 Å². The van der Waals surface area contributed by atoms with Gasteiger partial charge < -0.3 is 18.5 Å². The van der Waals surface area contributed by atoms with Gasteiger partial charge in [0.25, 0.3) is 0 Å². The van der Waals surface area contributed by atoms with Crippen molar-refractivity contribution in [3.05, 3.63) is 0 Å². The summed E-state index contributed by atoms with van der Waals surface area (Å²) in [6.45, 7) is 4.58. The zero-order chi connectivity index (χ0) is 11.2. The van der Waals surface area contributed by atoms with E-state index in [0.29, 0.717) is 0 Å². The lowest BCUT2D eigenvalue weighted by atomic mass is 10.1. The Balaban J connectivity index is -0.0000000653.